The van der Waals surface area contributed by atoms with Crippen LogP contribution in [0.3, 0.4) is 0 Å². The summed E-state index contributed by atoms with van der Waals surface area (Å²) >= 11 is 4.23. The van der Waals surface area contributed by atoms with Gasteiger partial charge in [0.2, 0.25) is 0 Å². The predicted octanol–water partition coefficient (Wildman–Crippen LogP) is 3.17. The number of hydrogen-bond donors (Lipinski definition) is 2. The Balaban J connectivity index is 2.31. The first-order valence-electron chi connectivity index (χ1n) is 5.63. The summed E-state index contributed by atoms with van der Waals surface area (Å²) in [5.41, 5.74) is 0.779. The van der Waals surface area contributed by atoms with Crippen LogP contribution in [-0.2, 0) is 16.6 Å². The predicted molar refractivity (Wildman–Crippen MR) is 82.0 cm³/mol. The van der Waals surface area contributed by atoms with Crippen LogP contribution in [0.5, 0.6) is 0 Å². The number of rotatable bonds is 5. The molecule has 0 spiro atoms. The average Bonchev–Trinajstić information content (AvgIpc) is 2.84. The standard InChI is InChI=1S/C12H12BrFN2O2S2/c1-15-6-8-5-11(19-7-8)20(17,18)16-12-9(13)3-2-4-10(12)14/h2-5,7,15-16H,6H2,1H3. The number of nitrogens with one attached hydrogen (secondary N) is 2. The van der Waals surface area contributed by atoms with E-state index in [1.807, 2.05) is 0 Å². The molecule has 1 aromatic heterocycles. The van der Waals surface area contributed by atoms with Crippen molar-refractivity contribution in [2.24, 2.45) is 0 Å². The van der Waals surface area contributed by atoms with Crippen LogP contribution in [0.25, 0.3) is 0 Å². The normalized spacial score (nSPS) is 11.6. The number of sulfonamides is 1. The van der Waals surface area contributed by atoms with E-state index in [1.54, 1.807) is 24.6 Å². The Hall–Kier alpha value is -0.960. The third kappa shape index (κ3) is 3.38. The molecule has 2 aromatic rings. The molecule has 0 bridgehead atoms. The lowest BCUT2D eigenvalue weighted by atomic mass is 10.3. The first kappa shape index (κ1) is 15.4. The van der Waals surface area contributed by atoms with Gasteiger partial charge in [-0.05, 0) is 52.1 Å². The van der Waals surface area contributed by atoms with E-state index in [0.717, 1.165) is 16.9 Å². The van der Waals surface area contributed by atoms with Gasteiger partial charge in [-0.15, -0.1) is 11.3 Å². The van der Waals surface area contributed by atoms with Crippen molar-refractivity contribution in [3.05, 3.63) is 45.5 Å². The zero-order valence-corrected chi connectivity index (χ0v) is 13.7. The lowest BCUT2D eigenvalue weighted by Gasteiger charge is -2.09. The highest BCUT2D eigenvalue weighted by molar-refractivity contribution is 9.10. The number of anilines is 1. The molecule has 0 fully saturated rings. The maximum Gasteiger partial charge on any atom is 0.271 e. The van der Waals surface area contributed by atoms with E-state index in [4.69, 9.17) is 0 Å². The minimum Gasteiger partial charge on any atom is -0.316 e. The van der Waals surface area contributed by atoms with Crippen LogP contribution < -0.4 is 10.0 Å². The van der Waals surface area contributed by atoms with Gasteiger partial charge in [-0.3, -0.25) is 4.72 Å². The van der Waals surface area contributed by atoms with Gasteiger partial charge in [-0.2, -0.15) is 0 Å². The molecule has 1 aromatic carbocycles. The fraction of sp³-hybridized carbons (Fsp3) is 0.167. The van der Waals surface area contributed by atoms with Crippen LogP contribution in [0.2, 0.25) is 0 Å². The summed E-state index contributed by atoms with van der Waals surface area (Å²) in [5.74, 6) is -0.630. The number of benzene rings is 1. The molecular weight excluding hydrogens is 367 g/mol. The Morgan fingerprint density at radius 2 is 2.15 bits per heavy atom. The Labute approximate surface area is 129 Å². The molecule has 8 heteroatoms. The van der Waals surface area contributed by atoms with Gasteiger partial charge in [0.05, 0.1) is 5.69 Å². The molecule has 0 aliphatic carbocycles. The third-order valence-corrected chi connectivity index (χ3v) is 5.97. The maximum atomic E-state index is 13.7. The smallest absolute Gasteiger partial charge is 0.271 e. The first-order chi connectivity index (χ1) is 9.44. The average molecular weight is 379 g/mol. The van der Waals surface area contributed by atoms with Gasteiger partial charge in [0.15, 0.2) is 0 Å². The number of hydrogen-bond acceptors (Lipinski definition) is 4. The van der Waals surface area contributed by atoms with Crippen LogP contribution in [0.1, 0.15) is 5.56 Å². The van der Waals surface area contributed by atoms with Crippen LogP contribution in [0.15, 0.2) is 38.3 Å². The van der Waals surface area contributed by atoms with Gasteiger partial charge < -0.3 is 5.32 Å². The lowest BCUT2D eigenvalue weighted by Crippen LogP contribution is -2.13. The van der Waals surface area contributed by atoms with Crippen LogP contribution in [0.4, 0.5) is 10.1 Å². The van der Waals surface area contributed by atoms with Gasteiger partial charge in [0.1, 0.15) is 10.0 Å². The number of para-hydroxylation sites is 1. The second-order valence-corrected chi connectivity index (χ2v) is 7.68. The summed E-state index contributed by atoms with van der Waals surface area (Å²) in [6.07, 6.45) is 0. The molecule has 0 atom stereocenters. The summed E-state index contributed by atoms with van der Waals surface area (Å²) in [6.45, 7) is 0.579. The van der Waals surface area contributed by atoms with E-state index in [0.29, 0.717) is 11.0 Å². The second kappa shape index (κ2) is 6.21. The van der Waals surface area contributed by atoms with Crippen molar-refractivity contribution in [3.8, 4) is 0 Å². The largest absolute Gasteiger partial charge is 0.316 e. The fourth-order valence-electron chi connectivity index (χ4n) is 1.57. The van der Waals surface area contributed by atoms with Gasteiger partial charge in [-0.1, -0.05) is 6.07 Å². The molecule has 2 N–H and O–H groups in total. The zero-order valence-electron chi connectivity index (χ0n) is 10.5. The van der Waals surface area contributed by atoms with Crippen molar-refractivity contribution < 1.29 is 12.8 Å². The van der Waals surface area contributed by atoms with Crippen molar-refractivity contribution in [1.82, 2.24) is 5.32 Å². The lowest BCUT2D eigenvalue weighted by molar-refractivity contribution is 0.600. The van der Waals surface area contributed by atoms with Crippen molar-refractivity contribution >= 4 is 43.0 Å². The molecule has 0 aliphatic heterocycles. The Morgan fingerprint density at radius 3 is 2.80 bits per heavy atom. The summed E-state index contributed by atoms with van der Waals surface area (Å²) in [7, 11) is -2.01. The maximum absolute atomic E-state index is 13.7. The van der Waals surface area contributed by atoms with Gasteiger partial charge >= 0.3 is 0 Å². The van der Waals surface area contributed by atoms with Crippen molar-refractivity contribution in [3.63, 3.8) is 0 Å². The number of thiophene rings is 1. The van der Waals surface area contributed by atoms with Gasteiger partial charge in [0.25, 0.3) is 10.0 Å². The van der Waals surface area contributed by atoms with E-state index in [2.05, 4.69) is 26.0 Å². The molecule has 0 aliphatic rings. The molecule has 2 rings (SSSR count). The Kier molecular flexibility index (Phi) is 4.79. The molecule has 20 heavy (non-hydrogen) atoms. The summed E-state index contributed by atoms with van der Waals surface area (Å²) in [4.78, 5) is 0. The summed E-state index contributed by atoms with van der Waals surface area (Å²) in [5, 5.41) is 4.69. The molecule has 0 saturated carbocycles. The van der Waals surface area contributed by atoms with Gasteiger partial charge in [-0.25, -0.2) is 12.8 Å². The monoisotopic (exact) mass is 378 g/mol. The van der Waals surface area contributed by atoms with Crippen LogP contribution in [0, 0.1) is 5.82 Å². The molecule has 0 unspecified atom stereocenters. The van der Waals surface area contributed by atoms with Crippen molar-refractivity contribution in [1.29, 1.82) is 0 Å². The molecule has 0 radical (unpaired) electrons. The fourth-order valence-corrected chi connectivity index (χ4v) is 4.44. The third-order valence-electron chi connectivity index (χ3n) is 2.47. The van der Waals surface area contributed by atoms with Crippen molar-refractivity contribution in [2.45, 2.75) is 10.8 Å². The second-order valence-electron chi connectivity index (χ2n) is 4.01. The van der Waals surface area contributed by atoms with E-state index in [1.165, 1.54) is 12.1 Å². The molecule has 0 amide bonds. The summed E-state index contributed by atoms with van der Waals surface area (Å²) in [6, 6.07) is 5.83. The van der Waals surface area contributed by atoms with E-state index in [-0.39, 0.29) is 9.90 Å². The van der Waals surface area contributed by atoms with Crippen LogP contribution in [-0.4, -0.2) is 15.5 Å². The molecular formula is C12H12BrFN2O2S2. The highest BCUT2D eigenvalue weighted by Gasteiger charge is 2.20. The van der Waals surface area contributed by atoms with E-state index in [9.17, 15) is 12.8 Å². The number of halogens is 2. The molecule has 1 heterocycles. The summed E-state index contributed by atoms with van der Waals surface area (Å²) < 4.78 is 40.9. The van der Waals surface area contributed by atoms with Crippen LogP contribution >= 0.6 is 27.3 Å². The quantitative estimate of drug-likeness (QED) is 0.839. The van der Waals surface area contributed by atoms with Gasteiger partial charge in [0, 0.05) is 11.0 Å². The highest BCUT2D eigenvalue weighted by Crippen LogP contribution is 2.29. The minimum atomic E-state index is -3.79. The molecule has 0 saturated heterocycles. The topological polar surface area (TPSA) is 58.2 Å². The molecule has 4 nitrogen and oxygen atoms in total. The Bertz CT molecular complexity index is 696. The van der Waals surface area contributed by atoms with E-state index < -0.39 is 15.8 Å². The highest BCUT2D eigenvalue weighted by atomic mass is 79.9. The SMILES string of the molecule is CNCc1csc(S(=O)(=O)Nc2c(F)cccc2Br)c1. The Morgan fingerprint density at radius 1 is 1.40 bits per heavy atom. The first-order valence-corrected chi connectivity index (χ1v) is 8.78. The zero-order chi connectivity index (χ0) is 14.8. The minimum absolute atomic E-state index is 0.0870. The van der Waals surface area contributed by atoms with E-state index >= 15 is 0 Å². The molecule has 108 valence electrons. The van der Waals surface area contributed by atoms with Crippen molar-refractivity contribution in [2.75, 3.05) is 11.8 Å².